The van der Waals surface area contributed by atoms with Gasteiger partial charge in [0.15, 0.2) is 17.0 Å². The van der Waals surface area contributed by atoms with E-state index in [4.69, 9.17) is 5.73 Å². The highest BCUT2D eigenvalue weighted by molar-refractivity contribution is 5.80. The minimum absolute atomic E-state index is 0.120. The summed E-state index contributed by atoms with van der Waals surface area (Å²) in [5, 5.41) is 7.95. The Morgan fingerprint density at radius 3 is 2.86 bits per heavy atom. The number of rotatable bonds is 2. The number of fused-ring (bicyclic) bond motifs is 1. The van der Waals surface area contributed by atoms with Crippen molar-refractivity contribution in [3.05, 3.63) is 6.33 Å². The number of anilines is 1. The van der Waals surface area contributed by atoms with Gasteiger partial charge in [0.2, 0.25) is 0 Å². The lowest BCUT2D eigenvalue weighted by Gasteiger charge is -2.29. The fourth-order valence-corrected chi connectivity index (χ4v) is 3.02. The molecule has 21 heavy (non-hydrogen) atoms. The van der Waals surface area contributed by atoms with Gasteiger partial charge in [0, 0.05) is 6.42 Å². The minimum Gasteiger partial charge on any atom is -0.382 e. The summed E-state index contributed by atoms with van der Waals surface area (Å²) in [4.78, 5) is 7.93. The highest BCUT2D eigenvalue weighted by Crippen LogP contribution is 2.39. The summed E-state index contributed by atoms with van der Waals surface area (Å²) in [7, 11) is 0. The number of alkyl halides is 3. The fraction of sp³-hybridized carbons (Fsp3) is 0.667. The Balaban J connectivity index is 1.84. The Kier molecular flexibility index (Phi) is 3.42. The van der Waals surface area contributed by atoms with Crippen molar-refractivity contribution in [3.8, 4) is 0 Å². The first-order valence-corrected chi connectivity index (χ1v) is 6.82. The van der Waals surface area contributed by atoms with Gasteiger partial charge in [-0.1, -0.05) is 11.6 Å². The molecule has 9 heteroatoms. The third-order valence-electron chi connectivity index (χ3n) is 3.91. The summed E-state index contributed by atoms with van der Waals surface area (Å²) in [5.74, 6) is -0.143. The molecule has 1 saturated carbocycles. The van der Waals surface area contributed by atoms with Gasteiger partial charge in [-0.25, -0.2) is 14.6 Å². The van der Waals surface area contributed by atoms with Crippen LogP contribution in [0.2, 0.25) is 0 Å². The number of nitrogens with zero attached hydrogens (tertiary/aromatic N) is 5. The average molecular weight is 300 g/mol. The van der Waals surface area contributed by atoms with Gasteiger partial charge < -0.3 is 5.73 Å². The zero-order chi connectivity index (χ0) is 15.0. The predicted octanol–water partition coefficient (Wildman–Crippen LogP) is 2.49. The van der Waals surface area contributed by atoms with Crippen molar-refractivity contribution in [2.45, 2.75) is 44.3 Å². The highest BCUT2D eigenvalue weighted by Gasteiger charge is 2.35. The van der Waals surface area contributed by atoms with E-state index >= 15 is 0 Å². The molecule has 2 aromatic rings. The van der Waals surface area contributed by atoms with Crippen LogP contribution in [0.25, 0.3) is 11.2 Å². The number of nitrogen functional groups attached to an aromatic ring is 1. The van der Waals surface area contributed by atoms with E-state index in [-0.39, 0.29) is 17.8 Å². The summed E-state index contributed by atoms with van der Waals surface area (Å²) >= 11 is 0. The van der Waals surface area contributed by atoms with Gasteiger partial charge in [0.25, 0.3) is 0 Å². The molecule has 6 nitrogen and oxygen atoms in total. The largest absolute Gasteiger partial charge is 0.389 e. The first-order chi connectivity index (χ1) is 9.94. The molecule has 0 amide bonds. The molecule has 0 aromatic carbocycles. The van der Waals surface area contributed by atoms with Crippen molar-refractivity contribution >= 4 is 17.0 Å². The maximum Gasteiger partial charge on any atom is 0.389 e. The molecule has 2 unspecified atom stereocenters. The number of hydrogen-bond donors (Lipinski definition) is 1. The van der Waals surface area contributed by atoms with Crippen LogP contribution in [0.4, 0.5) is 19.0 Å². The Labute approximate surface area is 118 Å². The zero-order valence-electron chi connectivity index (χ0n) is 11.2. The smallest absolute Gasteiger partial charge is 0.382 e. The third-order valence-corrected chi connectivity index (χ3v) is 3.91. The standard InChI is InChI=1S/C12H15F3N6/c13-12(14,15)5-7-2-1-3-8(4-7)21-11-9(19-20-21)10(16)17-6-18-11/h6-8H,1-5H2,(H2,16,17,18). The van der Waals surface area contributed by atoms with Crippen LogP contribution in [-0.4, -0.2) is 31.1 Å². The van der Waals surface area contributed by atoms with Crippen LogP contribution < -0.4 is 5.73 Å². The molecule has 0 aliphatic heterocycles. The summed E-state index contributed by atoms with van der Waals surface area (Å²) < 4.78 is 39.2. The van der Waals surface area contributed by atoms with Gasteiger partial charge in [-0.3, -0.25) is 0 Å². The van der Waals surface area contributed by atoms with Gasteiger partial charge in [0.05, 0.1) is 6.04 Å². The number of hydrogen-bond acceptors (Lipinski definition) is 5. The van der Waals surface area contributed by atoms with Crippen molar-refractivity contribution < 1.29 is 13.2 Å². The number of aromatic nitrogens is 5. The summed E-state index contributed by atoms with van der Waals surface area (Å²) in [6, 6.07) is -0.120. The molecule has 3 rings (SSSR count). The second-order valence-corrected chi connectivity index (χ2v) is 5.47. The van der Waals surface area contributed by atoms with Crippen LogP contribution in [0.5, 0.6) is 0 Å². The van der Waals surface area contributed by atoms with Crippen LogP contribution in [0, 0.1) is 5.92 Å². The summed E-state index contributed by atoms with van der Waals surface area (Å²) in [6.07, 6.45) is -1.00. The second kappa shape index (κ2) is 5.12. The maximum atomic E-state index is 12.5. The van der Waals surface area contributed by atoms with Crippen LogP contribution >= 0.6 is 0 Å². The van der Waals surface area contributed by atoms with Crippen molar-refractivity contribution in [1.82, 2.24) is 25.0 Å². The Bertz CT molecular complexity index is 637. The lowest BCUT2D eigenvalue weighted by molar-refractivity contribution is -0.147. The lowest BCUT2D eigenvalue weighted by Crippen LogP contribution is -2.24. The average Bonchev–Trinajstić information content (AvgIpc) is 2.82. The number of nitrogens with two attached hydrogens (primary N) is 1. The van der Waals surface area contributed by atoms with Gasteiger partial charge in [-0.2, -0.15) is 13.2 Å². The highest BCUT2D eigenvalue weighted by atomic mass is 19.4. The van der Waals surface area contributed by atoms with Crippen LogP contribution in [0.15, 0.2) is 6.33 Å². The Morgan fingerprint density at radius 2 is 2.10 bits per heavy atom. The Morgan fingerprint density at radius 1 is 1.29 bits per heavy atom. The molecule has 2 atom stereocenters. The molecule has 0 spiro atoms. The molecule has 2 aromatic heterocycles. The van der Waals surface area contributed by atoms with Crippen molar-refractivity contribution in [3.63, 3.8) is 0 Å². The third kappa shape index (κ3) is 2.91. The van der Waals surface area contributed by atoms with E-state index in [1.807, 2.05) is 0 Å². The molecule has 1 fully saturated rings. The first-order valence-electron chi connectivity index (χ1n) is 6.82. The first kappa shape index (κ1) is 14.0. The fourth-order valence-electron chi connectivity index (χ4n) is 3.02. The molecule has 2 heterocycles. The van der Waals surface area contributed by atoms with E-state index in [0.29, 0.717) is 24.0 Å². The normalized spacial score (nSPS) is 23.6. The molecule has 1 aliphatic carbocycles. The number of halogens is 3. The van der Waals surface area contributed by atoms with Crippen LogP contribution in [-0.2, 0) is 0 Å². The maximum absolute atomic E-state index is 12.5. The zero-order valence-corrected chi connectivity index (χ0v) is 11.2. The van der Waals surface area contributed by atoms with E-state index in [1.54, 1.807) is 4.68 Å². The molecule has 114 valence electrons. The quantitative estimate of drug-likeness (QED) is 0.921. The molecule has 0 bridgehead atoms. The van der Waals surface area contributed by atoms with E-state index < -0.39 is 12.6 Å². The van der Waals surface area contributed by atoms with E-state index in [9.17, 15) is 13.2 Å². The van der Waals surface area contributed by atoms with Crippen molar-refractivity contribution in [1.29, 1.82) is 0 Å². The SMILES string of the molecule is Nc1ncnc2c1nnn2C1CCCC(CC(F)(F)F)C1. The molecular formula is C12H15F3N6. The predicted molar refractivity (Wildman–Crippen MR) is 69.2 cm³/mol. The molecule has 0 saturated heterocycles. The summed E-state index contributed by atoms with van der Waals surface area (Å²) in [5.41, 5.74) is 6.58. The molecular weight excluding hydrogens is 285 g/mol. The van der Waals surface area contributed by atoms with E-state index in [1.165, 1.54) is 6.33 Å². The van der Waals surface area contributed by atoms with Gasteiger partial charge in [-0.15, -0.1) is 5.10 Å². The second-order valence-electron chi connectivity index (χ2n) is 5.47. The van der Waals surface area contributed by atoms with Gasteiger partial charge >= 0.3 is 6.18 Å². The molecule has 2 N–H and O–H groups in total. The topological polar surface area (TPSA) is 82.5 Å². The van der Waals surface area contributed by atoms with Crippen LogP contribution in [0.3, 0.4) is 0 Å². The lowest BCUT2D eigenvalue weighted by atomic mass is 9.83. The minimum atomic E-state index is -4.12. The molecule has 1 aliphatic rings. The van der Waals surface area contributed by atoms with Gasteiger partial charge in [0.1, 0.15) is 6.33 Å². The van der Waals surface area contributed by atoms with E-state index in [0.717, 1.165) is 12.8 Å². The van der Waals surface area contributed by atoms with Crippen LogP contribution in [0.1, 0.15) is 38.1 Å². The van der Waals surface area contributed by atoms with Crippen molar-refractivity contribution in [2.75, 3.05) is 5.73 Å². The monoisotopic (exact) mass is 300 g/mol. The van der Waals surface area contributed by atoms with E-state index in [2.05, 4.69) is 20.3 Å². The van der Waals surface area contributed by atoms with Crippen molar-refractivity contribution in [2.24, 2.45) is 5.92 Å². The molecule has 0 radical (unpaired) electrons. The Hall–Kier alpha value is -1.93. The summed E-state index contributed by atoms with van der Waals surface area (Å²) in [6.45, 7) is 0. The van der Waals surface area contributed by atoms with Gasteiger partial charge in [-0.05, 0) is 25.2 Å².